The Morgan fingerprint density at radius 2 is 1.96 bits per heavy atom. The zero-order valence-electron chi connectivity index (χ0n) is 13.3. The summed E-state index contributed by atoms with van der Waals surface area (Å²) in [5, 5.41) is 10.0. The number of thioether (sulfide) groups is 1. The Balaban J connectivity index is 2.22. The summed E-state index contributed by atoms with van der Waals surface area (Å²) in [6, 6.07) is 14.2. The number of aromatic nitrogens is 1. The molecule has 0 aliphatic rings. The molecule has 124 valence electrons. The topological polar surface area (TPSA) is 62.3 Å². The van der Waals surface area contributed by atoms with E-state index < -0.39 is 5.56 Å². The monoisotopic (exact) mass is 368 g/mol. The molecular formula is C19H13ClN2O2S. The molecule has 4 nitrogen and oxygen atoms in total. The van der Waals surface area contributed by atoms with Crippen LogP contribution in [0.1, 0.15) is 21.5 Å². The highest BCUT2D eigenvalue weighted by molar-refractivity contribution is 7.98. The first-order valence-electron chi connectivity index (χ1n) is 7.46. The smallest absolute Gasteiger partial charge is 0.274 e. The Kier molecular flexibility index (Phi) is 4.93. The highest BCUT2D eigenvalue weighted by Gasteiger charge is 2.22. The molecule has 6 heteroatoms. The largest absolute Gasteiger partial charge is 0.294 e. The number of carbonyl (C=O) groups is 1. The molecule has 0 aliphatic heterocycles. The lowest BCUT2D eigenvalue weighted by atomic mass is 10.0. The Morgan fingerprint density at radius 1 is 1.24 bits per heavy atom. The third-order valence-electron chi connectivity index (χ3n) is 3.88. The lowest BCUT2D eigenvalue weighted by Crippen LogP contribution is -2.22. The van der Waals surface area contributed by atoms with Gasteiger partial charge in [-0.3, -0.25) is 14.0 Å². The molecule has 3 rings (SSSR count). The molecular weight excluding hydrogens is 356 g/mol. The number of nitrogens with zero attached hydrogens (tertiary/aromatic N) is 2. The second-order valence-corrected chi connectivity index (χ2v) is 6.64. The van der Waals surface area contributed by atoms with Crippen molar-refractivity contribution in [3.8, 4) is 6.07 Å². The summed E-state index contributed by atoms with van der Waals surface area (Å²) < 4.78 is 1.35. The zero-order chi connectivity index (χ0) is 18.0. The molecule has 0 bridgehead atoms. The van der Waals surface area contributed by atoms with E-state index in [9.17, 15) is 14.9 Å². The van der Waals surface area contributed by atoms with Gasteiger partial charge in [-0.1, -0.05) is 29.8 Å². The highest BCUT2D eigenvalue weighted by Crippen LogP contribution is 2.27. The number of Topliss-reactive ketones (excluding diaryl/α,β-unsaturated/α-hetero) is 1. The predicted molar refractivity (Wildman–Crippen MR) is 99.6 cm³/mol. The van der Waals surface area contributed by atoms with Gasteiger partial charge in [-0.2, -0.15) is 5.26 Å². The Bertz CT molecular complexity index is 1070. The summed E-state index contributed by atoms with van der Waals surface area (Å²) in [5.74, 6) is -0.146. The van der Waals surface area contributed by atoms with Crippen molar-refractivity contribution >= 4 is 34.7 Å². The number of nitriles is 1. The number of ketones is 1. The molecule has 25 heavy (non-hydrogen) atoms. The molecule has 2 aromatic heterocycles. The van der Waals surface area contributed by atoms with E-state index in [1.165, 1.54) is 16.2 Å². The molecule has 0 saturated heterocycles. The van der Waals surface area contributed by atoms with E-state index >= 15 is 0 Å². The first-order chi connectivity index (χ1) is 12.1. The van der Waals surface area contributed by atoms with Crippen molar-refractivity contribution in [2.75, 3.05) is 6.26 Å². The van der Waals surface area contributed by atoms with Gasteiger partial charge in [0.1, 0.15) is 11.6 Å². The van der Waals surface area contributed by atoms with Gasteiger partial charge >= 0.3 is 0 Å². The normalized spacial score (nSPS) is 10.6. The summed E-state index contributed by atoms with van der Waals surface area (Å²) in [6.45, 7) is 0. The van der Waals surface area contributed by atoms with E-state index in [0.717, 1.165) is 5.56 Å². The van der Waals surface area contributed by atoms with Gasteiger partial charge in [0.2, 0.25) is 0 Å². The Hall–Kier alpha value is -2.55. The first-order valence-corrected chi connectivity index (χ1v) is 9.06. The molecule has 0 fully saturated rings. The van der Waals surface area contributed by atoms with Gasteiger partial charge in [0.15, 0.2) is 5.78 Å². The van der Waals surface area contributed by atoms with Crippen LogP contribution in [0, 0.1) is 11.3 Å². The quantitative estimate of drug-likeness (QED) is 0.516. The van der Waals surface area contributed by atoms with Crippen LogP contribution >= 0.6 is 23.4 Å². The molecule has 0 spiro atoms. The van der Waals surface area contributed by atoms with Crippen LogP contribution in [0.4, 0.5) is 0 Å². The molecule has 0 amide bonds. The van der Waals surface area contributed by atoms with Crippen molar-refractivity contribution in [3.05, 3.63) is 80.7 Å². The van der Waals surface area contributed by atoms with E-state index in [4.69, 9.17) is 11.6 Å². The number of carbonyl (C=O) groups excluding carboxylic acids is 1. The molecule has 0 N–H and O–H groups in total. The maximum Gasteiger partial charge on any atom is 0.274 e. The molecule has 0 aliphatic carbocycles. The number of benzene rings is 1. The number of hydrogen-bond acceptors (Lipinski definition) is 4. The van der Waals surface area contributed by atoms with E-state index in [0.29, 0.717) is 21.0 Å². The second-order valence-electron chi connectivity index (χ2n) is 5.38. The molecule has 2 heterocycles. The van der Waals surface area contributed by atoms with Crippen LogP contribution in [0.15, 0.2) is 58.4 Å². The SMILES string of the molecule is CSc1c(C#N)c(=O)n2ccccc2c1C(=O)Cc1ccc(Cl)cc1. The van der Waals surface area contributed by atoms with Gasteiger partial charge in [0.05, 0.1) is 11.1 Å². The van der Waals surface area contributed by atoms with E-state index in [1.807, 2.05) is 6.07 Å². The minimum atomic E-state index is -0.412. The van der Waals surface area contributed by atoms with Crippen LogP contribution in [0.3, 0.4) is 0 Å². The fraction of sp³-hybridized carbons (Fsp3) is 0.105. The fourth-order valence-corrected chi connectivity index (χ4v) is 3.62. The Morgan fingerprint density at radius 3 is 2.60 bits per heavy atom. The third kappa shape index (κ3) is 3.19. The standard InChI is InChI=1S/C19H13ClN2O2S/c1-25-18-14(11-21)19(24)22-9-3-2-4-15(22)17(18)16(23)10-12-5-7-13(20)8-6-12/h2-9H,10H2,1H3. The third-order valence-corrected chi connectivity index (χ3v) is 4.94. The average molecular weight is 369 g/mol. The van der Waals surface area contributed by atoms with E-state index in [-0.39, 0.29) is 17.8 Å². The molecule has 3 aromatic rings. The average Bonchev–Trinajstić information content (AvgIpc) is 2.63. The maximum atomic E-state index is 13.0. The predicted octanol–water partition coefficient (Wildman–Crippen LogP) is 3.97. The number of hydrogen-bond donors (Lipinski definition) is 0. The summed E-state index contributed by atoms with van der Waals surface area (Å²) in [5.41, 5.74) is 1.32. The lowest BCUT2D eigenvalue weighted by molar-refractivity contribution is 0.0991. The lowest BCUT2D eigenvalue weighted by Gasteiger charge is -2.13. The van der Waals surface area contributed by atoms with Crippen LogP contribution in [-0.4, -0.2) is 16.4 Å². The molecule has 0 unspecified atom stereocenters. The van der Waals surface area contributed by atoms with Crippen molar-refractivity contribution in [2.45, 2.75) is 11.3 Å². The van der Waals surface area contributed by atoms with Crippen molar-refractivity contribution in [1.29, 1.82) is 5.26 Å². The number of fused-ring (bicyclic) bond motifs is 1. The molecule has 0 radical (unpaired) electrons. The summed E-state index contributed by atoms with van der Waals surface area (Å²) in [4.78, 5) is 25.9. The van der Waals surface area contributed by atoms with Gasteiger partial charge < -0.3 is 0 Å². The van der Waals surface area contributed by atoms with Gasteiger partial charge in [-0.05, 0) is 36.1 Å². The van der Waals surface area contributed by atoms with Gasteiger partial charge in [0, 0.05) is 22.5 Å². The van der Waals surface area contributed by atoms with Crippen molar-refractivity contribution < 1.29 is 4.79 Å². The van der Waals surface area contributed by atoms with Crippen LogP contribution in [0.25, 0.3) is 5.52 Å². The maximum absolute atomic E-state index is 13.0. The summed E-state index contributed by atoms with van der Waals surface area (Å²) in [6.07, 6.45) is 3.49. The van der Waals surface area contributed by atoms with Crippen LogP contribution in [-0.2, 0) is 6.42 Å². The molecule has 0 atom stereocenters. The second kappa shape index (κ2) is 7.14. The van der Waals surface area contributed by atoms with Crippen LogP contribution in [0.5, 0.6) is 0 Å². The number of rotatable bonds is 4. The summed E-state index contributed by atoms with van der Waals surface area (Å²) >= 11 is 7.12. The zero-order valence-corrected chi connectivity index (χ0v) is 14.9. The van der Waals surface area contributed by atoms with E-state index in [1.54, 1.807) is 54.9 Å². The first kappa shape index (κ1) is 17.3. The van der Waals surface area contributed by atoms with Gasteiger partial charge in [0.25, 0.3) is 5.56 Å². The number of pyridine rings is 2. The van der Waals surface area contributed by atoms with Crippen LogP contribution < -0.4 is 5.56 Å². The number of halogens is 1. The molecule has 1 aromatic carbocycles. The minimum absolute atomic E-state index is 0.00402. The van der Waals surface area contributed by atoms with Crippen molar-refractivity contribution in [3.63, 3.8) is 0 Å². The molecule has 0 saturated carbocycles. The highest BCUT2D eigenvalue weighted by atomic mass is 35.5. The minimum Gasteiger partial charge on any atom is -0.294 e. The van der Waals surface area contributed by atoms with E-state index in [2.05, 4.69) is 0 Å². The summed E-state index contributed by atoms with van der Waals surface area (Å²) in [7, 11) is 0. The van der Waals surface area contributed by atoms with Crippen molar-refractivity contribution in [1.82, 2.24) is 4.40 Å². The Labute approximate surface area is 153 Å². The van der Waals surface area contributed by atoms with Gasteiger partial charge in [-0.15, -0.1) is 11.8 Å². The fourth-order valence-electron chi connectivity index (χ4n) is 2.73. The van der Waals surface area contributed by atoms with Crippen LogP contribution in [0.2, 0.25) is 5.02 Å². The van der Waals surface area contributed by atoms with Gasteiger partial charge in [-0.25, -0.2) is 0 Å². The van der Waals surface area contributed by atoms with Crippen molar-refractivity contribution in [2.24, 2.45) is 0 Å².